The number of amides is 1. The zero-order valence-electron chi connectivity index (χ0n) is 16.5. The molecule has 8 nitrogen and oxygen atoms in total. The standard InChI is InChI=1S/C23H19NO7/c1-14(25)31-17-9-6-15(7-10-17)12-19(23(28)29)24-21(26)11-8-16-13-30-20-5-3-2-4-18(20)22(16)27/h2-11,13,19H,12H2,1H3,(H,24,26)(H,28,29)/b11-8+. The third-order valence-corrected chi connectivity index (χ3v) is 4.36. The minimum Gasteiger partial charge on any atom is -0.480 e. The number of fused-ring (bicyclic) bond motifs is 1. The first kappa shape index (κ1) is 21.5. The number of carbonyl (C=O) groups is 3. The molecule has 0 saturated heterocycles. The van der Waals surface area contributed by atoms with Crippen molar-refractivity contribution < 1.29 is 28.6 Å². The Kier molecular flexibility index (Phi) is 6.61. The number of hydrogen-bond acceptors (Lipinski definition) is 6. The number of esters is 1. The molecule has 0 saturated carbocycles. The van der Waals surface area contributed by atoms with Crippen LogP contribution in [0.4, 0.5) is 0 Å². The Morgan fingerprint density at radius 3 is 2.52 bits per heavy atom. The summed E-state index contributed by atoms with van der Waals surface area (Å²) in [5.41, 5.74) is 0.929. The summed E-state index contributed by atoms with van der Waals surface area (Å²) in [5, 5.41) is 12.2. The van der Waals surface area contributed by atoms with Crippen LogP contribution in [-0.4, -0.2) is 29.0 Å². The van der Waals surface area contributed by atoms with Crippen LogP contribution in [0.3, 0.4) is 0 Å². The van der Waals surface area contributed by atoms with E-state index in [1.165, 1.54) is 31.4 Å². The van der Waals surface area contributed by atoms with Crippen molar-refractivity contribution in [3.8, 4) is 5.75 Å². The molecule has 0 bridgehead atoms. The Morgan fingerprint density at radius 2 is 1.84 bits per heavy atom. The molecule has 1 amide bonds. The molecule has 1 aromatic heterocycles. The smallest absolute Gasteiger partial charge is 0.326 e. The minimum atomic E-state index is -1.21. The number of nitrogens with one attached hydrogen (secondary N) is 1. The molecule has 0 aliphatic carbocycles. The van der Waals surface area contributed by atoms with E-state index < -0.39 is 23.9 Å². The van der Waals surface area contributed by atoms with Crippen molar-refractivity contribution in [1.29, 1.82) is 0 Å². The number of ether oxygens (including phenoxy) is 1. The molecule has 2 N–H and O–H groups in total. The SMILES string of the molecule is CC(=O)Oc1ccc(CC(NC(=O)/C=C/c2coc3ccccc3c2=O)C(=O)O)cc1. The van der Waals surface area contributed by atoms with E-state index in [-0.39, 0.29) is 17.4 Å². The van der Waals surface area contributed by atoms with Crippen LogP contribution < -0.4 is 15.5 Å². The van der Waals surface area contributed by atoms with Crippen molar-refractivity contribution in [2.24, 2.45) is 0 Å². The van der Waals surface area contributed by atoms with Gasteiger partial charge in [0.1, 0.15) is 23.6 Å². The van der Waals surface area contributed by atoms with Crippen molar-refractivity contribution in [3.05, 3.63) is 82.2 Å². The third kappa shape index (κ3) is 5.66. The quantitative estimate of drug-likeness (QED) is 0.341. The average Bonchev–Trinajstić information content (AvgIpc) is 2.74. The van der Waals surface area contributed by atoms with Gasteiger partial charge in [0.25, 0.3) is 0 Å². The van der Waals surface area contributed by atoms with Gasteiger partial charge in [0, 0.05) is 19.4 Å². The maximum atomic E-state index is 12.4. The summed E-state index contributed by atoms with van der Waals surface area (Å²) >= 11 is 0. The van der Waals surface area contributed by atoms with Crippen LogP contribution in [-0.2, 0) is 20.8 Å². The molecule has 158 valence electrons. The number of para-hydroxylation sites is 1. The number of aliphatic carboxylic acids is 1. The Labute approximate surface area is 176 Å². The second-order valence-electron chi connectivity index (χ2n) is 6.69. The summed E-state index contributed by atoms with van der Waals surface area (Å²) in [4.78, 5) is 47.2. The predicted molar refractivity (Wildman–Crippen MR) is 113 cm³/mol. The van der Waals surface area contributed by atoms with Gasteiger partial charge in [-0.1, -0.05) is 24.3 Å². The van der Waals surface area contributed by atoms with Crippen molar-refractivity contribution in [2.75, 3.05) is 0 Å². The highest BCUT2D eigenvalue weighted by Crippen LogP contribution is 2.14. The van der Waals surface area contributed by atoms with Gasteiger partial charge in [-0.3, -0.25) is 14.4 Å². The first-order valence-corrected chi connectivity index (χ1v) is 9.33. The van der Waals surface area contributed by atoms with Crippen LogP contribution in [0, 0.1) is 0 Å². The minimum absolute atomic E-state index is 0.0212. The van der Waals surface area contributed by atoms with E-state index in [0.29, 0.717) is 22.3 Å². The Bertz CT molecular complexity index is 1210. The molecule has 0 aliphatic heterocycles. The number of hydrogen-bond donors (Lipinski definition) is 2. The lowest BCUT2D eigenvalue weighted by Crippen LogP contribution is -2.41. The number of carboxylic acids is 1. The van der Waals surface area contributed by atoms with Gasteiger partial charge in [0.15, 0.2) is 5.43 Å². The van der Waals surface area contributed by atoms with Crippen LogP contribution in [0.1, 0.15) is 18.1 Å². The van der Waals surface area contributed by atoms with Gasteiger partial charge in [-0.15, -0.1) is 0 Å². The highest BCUT2D eigenvalue weighted by atomic mass is 16.5. The molecular weight excluding hydrogens is 402 g/mol. The molecule has 2 aromatic carbocycles. The molecule has 8 heteroatoms. The van der Waals surface area contributed by atoms with Crippen LogP contribution in [0.25, 0.3) is 17.0 Å². The first-order chi connectivity index (χ1) is 14.8. The summed E-state index contributed by atoms with van der Waals surface area (Å²) in [7, 11) is 0. The van der Waals surface area contributed by atoms with E-state index in [4.69, 9.17) is 9.15 Å². The van der Waals surface area contributed by atoms with Gasteiger partial charge in [0.2, 0.25) is 5.91 Å². The number of rotatable bonds is 7. The third-order valence-electron chi connectivity index (χ3n) is 4.36. The second-order valence-corrected chi connectivity index (χ2v) is 6.69. The molecule has 0 spiro atoms. The summed E-state index contributed by atoms with van der Waals surface area (Å²) in [6, 6.07) is 11.8. The van der Waals surface area contributed by atoms with Gasteiger partial charge in [-0.05, 0) is 35.9 Å². The molecule has 0 radical (unpaired) electrons. The average molecular weight is 421 g/mol. The van der Waals surface area contributed by atoms with Crippen molar-refractivity contribution >= 4 is 34.9 Å². The van der Waals surface area contributed by atoms with E-state index in [0.717, 1.165) is 6.08 Å². The van der Waals surface area contributed by atoms with Gasteiger partial charge < -0.3 is 19.6 Å². The van der Waals surface area contributed by atoms with E-state index in [1.54, 1.807) is 36.4 Å². The molecule has 0 fully saturated rings. The van der Waals surface area contributed by atoms with E-state index in [9.17, 15) is 24.3 Å². The lowest BCUT2D eigenvalue weighted by atomic mass is 10.1. The van der Waals surface area contributed by atoms with Crippen molar-refractivity contribution in [3.63, 3.8) is 0 Å². The van der Waals surface area contributed by atoms with E-state index in [2.05, 4.69) is 5.32 Å². The molecular formula is C23H19NO7. The zero-order valence-corrected chi connectivity index (χ0v) is 16.5. The number of carboxylic acid groups (broad SMARTS) is 1. The number of benzene rings is 2. The van der Waals surface area contributed by atoms with Crippen LogP contribution in [0.15, 0.2) is 70.1 Å². The van der Waals surface area contributed by atoms with Gasteiger partial charge >= 0.3 is 11.9 Å². The lowest BCUT2D eigenvalue weighted by molar-refractivity contribution is -0.141. The maximum absolute atomic E-state index is 12.4. The van der Waals surface area contributed by atoms with E-state index >= 15 is 0 Å². The van der Waals surface area contributed by atoms with Gasteiger partial charge in [0.05, 0.1) is 10.9 Å². The highest BCUT2D eigenvalue weighted by Gasteiger charge is 2.19. The molecule has 1 atom stereocenters. The summed E-state index contributed by atoms with van der Waals surface area (Å²) in [5.74, 6) is -2.01. The van der Waals surface area contributed by atoms with Gasteiger partial charge in [-0.25, -0.2) is 4.79 Å². The molecule has 3 aromatic rings. The summed E-state index contributed by atoms with van der Waals surface area (Å²) in [6.45, 7) is 1.28. The van der Waals surface area contributed by atoms with Gasteiger partial charge in [-0.2, -0.15) is 0 Å². The lowest BCUT2D eigenvalue weighted by Gasteiger charge is -2.13. The second kappa shape index (κ2) is 9.53. The van der Waals surface area contributed by atoms with E-state index in [1.807, 2.05) is 0 Å². The maximum Gasteiger partial charge on any atom is 0.326 e. The van der Waals surface area contributed by atoms with Crippen LogP contribution in [0.5, 0.6) is 5.75 Å². The normalized spacial score (nSPS) is 11.9. The molecule has 3 rings (SSSR count). The molecule has 1 heterocycles. The zero-order chi connectivity index (χ0) is 22.4. The van der Waals surface area contributed by atoms with Crippen molar-refractivity contribution in [1.82, 2.24) is 5.32 Å². The largest absolute Gasteiger partial charge is 0.480 e. The fraction of sp³-hybridized carbons (Fsp3) is 0.130. The topological polar surface area (TPSA) is 123 Å². The Morgan fingerprint density at radius 1 is 1.13 bits per heavy atom. The molecule has 31 heavy (non-hydrogen) atoms. The van der Waals surface area contributed by atoms with Crippen molar-refractivity contribution in [2.45, 2.75) is 19.4 Å². The Balaban J connectivity index is 1.68. The first-order valence-electron chi connectivity index (χ1n) is 9.33. The number of carbonyl (C=O) groups excluding carboxylic acids is 2. The fourth-order valence-corrected chi connectivity index (χ4v) is 2.89. The Hall–Kier alpha value is -4.20. The predicted octanol–water partition coefficient (Wildman–Crippen LogP) is 2.54. The highest BCUT2D eigenvalue weighted by molar-refractivity contribution is 5.94. The van der Waals surface area contributed by atoms with Crippen LogP contribution in [0.2, 0.25) is 0 Å². The summed E-state index contributed by atoms with van der Waals surface area (Å²) in [6.07, 6.45) is 3.63. The van der Waals surface area contributed by atoms with Crippen LogP contribution >= 0.6 is 0 Å². The summed E-state index contributed by atoms with van der Waals surface area (Å²) < 4.78 is 10.3. The monoisotopic (exact) mass is 421 g/mol. The fourth-order valence-electron chi connectivity index (χ4n) is 2.89. The molecule has 1 unspecified atom stereocenters. The molecule has 0 aliphatic rings.